The van der Waals surface area contributed by atoms with E-state index in [0.717, 1.165) is 32.7 Å². The average Bonchev–Trinajstić information content (AvgIpc) is 2.41. The Morgan fingerprint density at radius 2 is 1.94 bits per heavy atom. The molecule has 17 heavy (non-hydrogen) atoms. The van der Waals surface area contributed by atoms with Gasteiger partial charge in [-0.25, -0.2) is 0 Å². The number of nitriles is 1. The van der Waals surface area contributed by atoms with Crippen LogP contribution in [0.3, 0.4) is 0 Å². The summed E-state index contributed by atoms with van der Waals surface area (Å²) in [6.07, 6.45) is 0.768. The van der Waals surface area contributed by atoms with Gasteiger partial charge in [0.25, 0.3) is 0 Å². The first-order valence-electron chi connectivity index (χ1n) is 6.02. The minimum absolute atomic E-state index is 0.425. The minimum Gasteiger partial charge on any atom is -0.379 e. The monoisotopic (exact) mass is 230 g/mol. The number of nitrogens with zero attached hydrogens (tertiary/aromatic N) is 2. The molecular formula is C14H18N2O. The van der Waals surface area contributed by atoms with Crippen LogP contribution >= 0.6 is 0 Å². The molecule has 1 fully saturated rings. The summed E-state index contributed by atoms with van der Waals surface area (Å²) in [5, 5.41) is 9.47. The van der Waals surface area contributed by atoms with Crippen LogP contribution in [0, 0.1) is 11.3 Å². The number of morpholine rings is 1. The molecule has 1 aromatic rings. The Morgan fingerprint density at radius 1 is 1.29 bits per heavy atom. The van der Waals surface area contributed by atoms with Crippen LogP contribution in [0.1, 0.15) is 12.5 Å². The lowest BCUT2D eigenvalue weighted by molar-refractivity contribution is 0.00189. The van der Waals surface area contributed by atoms with Gasteiger partial charge in [0, 0.05) is 19.5 Å². The smallest absolute Gasteiger partial charge is 0.110 e. The van der Waals surface area contributed by atoms with E-state index in [2.05, 4.69) is 23.1 Å². The fourth-order valence-corrected chi connectivity index (χ4v) is 2.27. The molecule has 1 saturated heterocycles. The SMILES string of the molecule is CC(C#N)(Cc1ccccc1)N1CCOCC1. The van der Waals surface area contributed by atoms with Gasteiger partial charge in [-0.3, -0.25) is 4.90 Å². The van der Waals surface area contributed by atoms with Crippen molar-refractivity contribution in [2.75, 3.05) is 26.3 Å². The summed E-state index contributed by atoms with van der Waals surface area (Å²) in [5.41, 5.74) is 0.786. The molecule has 3 nitrogen and oxygen atoms in total. The summed E-state index contributed by atoms with van der Waals surface area (Å²) in [4.78, 5) is 2.23. The van der Waals surface area contributed by atoms with Crippen LogP contribution in [0.25, 0.3) is 0 Å². The average molecular weight is 230 g/mol. The molecule has 0 bridgehead atoms. The molecule has 0 N–H and O–H groups in total. The zero-order valence-electron chi connectivity index (χ0n) is 10.2. The zero-order chi connectivity index (χ0) is 12.1. The van der Waals surface area contributed by atoms with E-state index in [9.17, 15) is 5.26 Å². The molecule has 2 rings (SSSR count). The summed E-state index contributed by atoms with van der Waals surface area (Å²) >= 11 is 0. The maximum absolute atomic E-state index is 9.47. The third-order valence-corrected chi connectivity index (χ3v) is 3.34. The largest absolute Gasteiger partial charge is 0.379 e. The molecular weight excluding hydrogens is 212 g/mol. The lowest BCUT2D eigenvalue weighted by Gasteiger charge is -2.38. The van der Waals surface area contributed by atoms with E-state index < -0.39 is 5.54 Å². The van der Waals surface area contributed by atoms with Crippen LogP contribution < -0.4 is 0 Å². The summed E-state index contributed by atoms with van der Waals surface area (Å²) in [6, 6.07) is 12.7. The van der Waals surface area contributed by atoms with Crippen molar-refractivity contribution in [1.29, 1.82) is 5.26 Å². The van der Waals surface area contributed by atoms with E-state index in [0.29, 0.717) is 0 Å². The number of ether oxygens (including phenoxy) is 1. The molecule has 1 aromatic carbocycles. The fourth-order valence-electron chi connectivity index (χ4n) is 2.27. The molecule has 1 atom stereocenters. The number of hydrogen-bond acceptors (Lipinski definition) is 3. The first-order valence-corrected chi connectivity index (χ1v) is 6.02. The van der Waals surface area contributed by atoms with Gasteiger partial charge in [-0.15, -0.1) is 0 Å². The van der Waals surface area contributed by atoms with Crippen LogP contribution in [-0.4, -0.2) is 36.7 Å². The minimum atomic E-state index is -0.425. The summed E-state index contributed by atoms with van der Waals surface area (Å²) < 4.78 is 5.34. The Morgan fingerprint density at radius 3 is 2.53 bits per heavy atom. The highest BCUT2D eigenvalue weighted by Gasteiger charge is 2.33. The van der Waals surface area contributed by atoms with Crippen LogP contribution in [0.2, 0.25) is 0 Å². The molecule has 1 unspecified atom stereocenters. The van der Waals surface area contributed by atoms with Crippen molar-refractivity contribution < 1.29 is 4.74 Å². The van der Waals surface area contributed by atoms with Gasteiger partial charge in [0.1, 0.15) is 5.54 Å². The van der Waals surface area contributed by atoms with Gasteiger partial charge in [-0.05, 0) is 12.5 Å². The highest BCUT2D eigenvalue weighted by molar-refractivity contribution is 5.21. The quantitative estimate of drug-likeness (QED) is 0.795. The molecule has 1 aliphatic heterocycles. The Kier molecular flexibility index (Phi) is 3.78. The molecule has 0 aliphatic carbocycles. The second-order valence-corrected chi connectivity index (χ2v) is 4.65. The van der Waals surface area contributed by atoms with Gasteiger partial charge >= 0.3 is 0 Å². The van der Waals surface area contributed by atoms with Gasteiger partial charge in [0.15, 0.2) is 0 Å². The molecule has 90 valence electrons. The Labute approximate surface area is 103 Å². The van der Waals surface area contributed by atoms with Crippen molar-refractivity contribution in [2.45, 2.75) is 18.9 Å². The lowest BCUT2D eigenvalue weighted by Crippen LogP contribution is -2.52. The third-order valence-electron chi connectivity index (χ3n) is 3.34. The molecule has 0 spiro atoms. The molecule has 0 amide bonds. The molecule has 1 heterocycles. The first kappa shape index (κ1) is 12.1. The Balaban J connectivity index is 2.11. The summed E-state index contributed by atoms with van der Waals surface area (Å²) in [7, 11) is 0. The van der Waals surface area contributed by atoms with Gasteiger partial charge in [-0.1, -0.05) is 30.3 Å². The van der Waals surface area contributed by atoms with Crippen molar-refractivity contribution in [3.8, 4) is 6.07 Å². The maximum Gasteiger partial charge on any atom is 0.110 e. The standard InChI is InChI=1S/C14H18N2O/c1-14(12-15,16-7-9-17-10-8-16)11-13-5-3-2-4-6-13/h2-6H,7-11H2,1H3. The molecule has 3 heteroatoms. The molecule has 0 radical (unpaired) electrons. The Hall–Kier alpha value is -1.37. The third kappa shape index (κ3) is 2.85. The molecule has 1 aliphatic rings. The maximum atomic E-state index is 9.47. The van der Waals surface area contributed by atoms with Gasteiger partial charge in [-0.2, -0.15) is 5.26 Å². The lowest BCUT2D eigenvalue weighted by atomic mass is 9.92. The van der Waals surface area contributed by atoms with Crippen molar-refractivity contribution in [3.63, 3.8) is 0 Å². The molecule has 0 saturated carbocycles. The van der Waals surface area contributed by atoms with Gasteiger partial charge in [0.05, 0.1) is 19.3 Å². The van der Waals surface area contributed by atoms with Crippen LogP contribution in [0.15, 0.2) is 30.3 Å². The predicted octanol–water partition coefficient (Wildman–Crippen LogP) is 1.84. The summed E-state index contributed by atoms with van der Waals surface area (Å²) in [6.45, 7) is 5.16. The number of hydrogen-bond donors (Lipinski definition) is 0. The van der Waals surface area contributed by atoms with Crippen LogP contribution in [0.4, 0.5) is 0 Å². The number of benzene rings is 1. The fraction of sp³-hybridized carbons (Fsp3) is 0.500. The second kappa shape index (κ2) is 5.31. The van der Waals surface area contributed by atoms with Crippen molar-refractivity contribution in [3.05, 3.63) is 35.9 Å². The first-order chi connectivity index (χ1) is 8.24. The zero-order valence-corrected chi connectivity index (χ0v) is 10.2. The van der Waals surface area contributed by atoms with E-state index in [4.69, 9.17) is 4.74 Å². The Bertz CT molecular complexity index is 392. The predicted molar refractivity (Wildman–Crippen MR) is 66.6 cm³/mol. The van der Waals surface area contributed by atoms with E-state index in [-0.39, 0.29) is 0 Å². The van der Waals surface area contributed by atoms with Crippen molar-refractivity contribution in [2.24, 2.45) is 0 Å². The van der Waals surface area contributed by atoms with Crippen molar-refractivity contribution >= 4 is 0 Å². The number of rotatable bonds is 3. The highest BCUT2D eigenvalue weighted by atomic mass is 16.5. The highest BCUT2D eigenvalue weighted by Crippen LogP contribution is 2.21. The van der Waals surface area contributed by atoms with E-state index in [1.807, 2.05) is 25.1 Å². The summed E-state index contributed by atoms with van der Waals surface area (Å²) in [5.74, 6) is 0. The van der Waals surface area contributed by atoms with Crippen LogP contribution in [-0.2, 0) is 11.2 Å². The normalized spacial score (nSPS) is 20.5. The second-order valence-electron chi connectivity index (χ2n) is 4.65. The van der Waals surface area contributed by atoms with Gasteiger partial charge in [0.2, 0.25) is 0 Å². The van der Waals surface area contributed by atoms with Crippen LogP contribution in [0.5, 0.6) is 0 Å². The topological polar surface area (TPSA) is 36.3 Å². The van der Waals surface area contributed by atoms with E-state index >= 15 is 0 Å². The van der Waals surface area contributed by atoms with Crippen molar-refractivity contribution in [1.82, 2.24) is 4.90 Å². The molecule has 0 aromatic heterocycles. The van der Waals surface area contributed by atoms with E-state index in [1.54, 1.807) is 0 Å². The van der Waals surface area contributed by atoms with Gasteiger partial charge < -0.3 is 4.74 Å². The van der Waals surface area contributed by atoms with E-state index in [1.165, 1.54) is 5.56 Å².